The molecule has 7 heteroatoms. The number of hydrogen-bond acceptors (Lipinski definition) is 6. The van der Waals surface area contributed by atoms with Gasteiger partial charge in [0.2, 0.25) is 0 Å². The molecule has 1 aromatic carbocycles. The summed E-state index contributed by atoms with van der Waals surface area (Å²) in [5, 5.41) is 12.1. The highest BCUT2D eigenvalue weighted by atomic mass is 19.1. The van der Waals surface area contributed by atoms with E-state index in [4.69, 9.17) is 9.84 Å². The van der Waals surface area contributed by atoms with Crippen LogP contribution in [0.1, 0.15) is 44.1 Å². The minimum absolute atomic E-state index is 0.0770. The molecule has 31 heavy (non-hydrogen) atoms. The zero-order chi connectivity index (χ0) is 22.2. The summed E-state index contributed by atoms with van der Waals surface area (Å²) in [5.41, 5.74) is 1.79. The minimum atomic E-state index is -0.160. The first-order chi connectivity index (χ1) is 15.0. The second-order valence-electron chi connectivity index (χ2n) is 8.98. The zero-order valence-electron chi connectivity index (χ0n) is 19.0. The van der Waals surface area contributed by atoms with Gasteiger partial charge in [0.15, 0.2) is 5.78 Å². The second-order valence-corrected chi connectivity index (χ2v) is 8.98. The maximum atomic E-state index is 14.7. The molecule has 1 aromatic rings. The summed E-state index contributed by atoms with van der Waals surface area (Å²) in [6.45, 7) is 6.56. The first-order valence-corrected chi connectivity index (χ1v) is 11.7. The van der Waals surface area contributed by atoms with Gasteiger partial charge in [-0.25, -0.2) is 4.39 Å². The molecule has 1 heterocycles. The molecule has 0 aromatic heterocycles. The van der Waals surface area contributed by atoms with Crippen molar-refractivity contribution in [1.29, 1.82) is 0 Å². The van der Waals surface area contributed by atoms with Gasteiger partial charge < -0.3 is 20.1 Å². The molecule has 1 unspecified atom stereocenters. The van der Waals surface area contributed by atoms with E-state index in [9.17, 15) is 9.18 Å². The Morgan fingerprint density at radius 2 is 2.23 bits per heavy atom. The van der Waals surface area contributed by atoms with Crippen molar-refractivity contribution in [2.45, 2.75) is 44.6 Å². The maximum absolute atomic E-state index is 14.7. The molecule has 0 amide bonds. The van der Waals surface area contributed by atoms with Gasteiger partial charge in [-0.2, -0.15) is 0 Å². The lowest BCUT2D eigenvalue weighted by molar-refractivity contribution is -0.124. The summed E-state index contributed by atoms with van der Waals surface area (Å²) >= 11 is 0. The SMILES string of the molecule is COCCCN1CC(CN(CC(=O)[C@H](C)CNCCO)C2CCC2)c2cccc(F)c21. The number of rotatable bonds is 14. The van der Waals surface area contributed by atoms with Crippen molar-refractivity contribution in [2.24, 2.45) is 5.92 Å². The van der Waals surface area contributed by atoms with E-state index in [-0.39, 0.29) is 30.0 Å². The van der Waals surface area contributed by atoms with E-state index in [1.54, 1.807) is 19.2 Å². The van der Waals surface area contributed by atoms with E-state index in [2.05, 4.69) is 15.1 Å². The lowest BCUT2D eigenvalue weighted by Crippen LogP contribution is -2.47. The first-order valence-electron chi connectivity index (χ1n) is 11.7. The highest BCUT2D eigenvalue weighted by Crippen LogP contribution is 2.39. The molecule has 1 aliphatic carbocycles. The Balaban J connectivity index is 1.67. The van der Waals surface area contributed by atoms with Gasteiger partial charge in [0.05, 0.1) is 18.8 Å². The molecule has 1 saturated carbocycles. The number of nitrogens with zero attached hydrogens (tertiary/aromatic N) is 2. The fourth-order valence-corrected chi connectivity index (χ4v) is 4.65. The van der Waals surface area contributed by atoms with Gasteiger partial charge in [-0.05, 0) is 30.9 Å². The number of carbonyl (C=O) groups excluding carboxylic acids is 1. The number of ether oxygens (including phenoxy) is 1. The lowest BCUT2D eigenvalue weighted by atomic mass is 9.89. The molecule has 0 saturated heterocycles. The summed E-state index contributed by atoms with van der Waals surface area (Å²) < 4.78 is 19.9. The summed E-state index contributed by atoms with van der Waals surface area (Å²) in [4.78, 5) is 17.4. The number of aliphatic hydroxyl groups is 1. The highest BCUT2D eigenvalue weighted by Gasteiger charge is 2.35. The van der Waals surface area contributed by atoms with Crippen LogP contribution in [0.2, 0.25) is 0 Å². The summed E-state index contributed by atoms with van der Waals surface area (Å²) in [6, 6.07) is 5.83. The number of ketones is 1. The maximum Gasteiger partial charge on any atom is 0.150 e. The van der Waals surface area contributed by atoms with Crippen molar-refractivity contribution < 1.29 is 19.0 Å². The highest BCUT2D eigenvalue weighted by molar-refractivity contribution is 5.83. The van der Waals surface area contributed by atoms with Crippen LogP contribution < -0.4 is 10.2 Å². The topological polar surface area (TPSA) is 65.0 Å². The fourth-order valence-electron chi connectivity index (χ4n) is 4.65. The number of Topliss-reactive ketones (excluding diaryl/α,β-unsaturated/α-hetero) is 1. The van der Waals surface area contributed by atoms with Crippen LogP contribution in [0.15, 0.2) is 18.2 Å². The van der Waals surface area contributed by atoms with Crippen LogP contribution >= 0.6 is 0 Å². The Bertz CT molecular complexity index is 713. The monoisotopic (exact) mass is 435 g/mol. The molecule has 0 radical (unpaired) electrons. The van der Waals surface area contributed by atoms with Crippen LogP contribution in [-0.4, -0.2) is 81.4 Å². The van der Waals surface area contributed by atoms with Crippen LogP contribution in [0, 0.1) is 11.7 Å². The number of nitrogens with one attached hydrogen (secondary N) is 1. The van der Waals surface area contributed by atoms with Crippen LogP contribution in [0.3, 0.4) is 0 Å². The van der Waals surface area contributed by atoms with E-state index in [0.29, 0.717) is 32.3 Å². The Morgan fingerprint density at radius 1 is 1.42 bits per heavy atom. The molecule has 0 spiro atoms. The number of carbonyl (C=O) groups is 1. The van der Waals surface area contributed by atoms with E-state index < -0.39 is 0 Å². The van der Waals surface area contributed by atoms with E-state index in [0.717, 1.165) is 50.1 Å². The fraction of sp³-hybridized carbons (Fsp3) is 0.708. The number of hydrogen-bond donors (Lipinski definition) is 2. The van der Waals surface area contributed by atoms with Crippen LogP contribution in [0.25, 0.3) is 0 Å². The van der Waals surface area contributed by atoms with Gasteiger partial charge in [-0.3, -0.25) is 9.69 Å². The Labute approximate surface area is 185 Å². The summed E-state index contributed by atoms with van der Waals surface area (Å²) in [7, 11) is 1.69. The van der Waals surface area contributed by atoms with Crippen molar-refractivity contribution in [2.75, 3.05) is 64.5 Å². The molecular formula is C24H38FN3O3. The van der Waals surface area contributed by atoms with Crippen LogP contribution in [0.4, 0.5) is 10.1 Å². The molecule has 2 aliphatic rings. The number of halogens is 1. The third-order valence-electron chi connectivity index (χ3n) is 6.68. The number of aliphatic hydroxyl groups excluding tert-OH is 1. The minimum Gasteiger partial charge on any atom is -0.395 e. The molecule has 3 rings (SSSR count). The van der Waals surface area contributed by atoms with Gasteiger partial charge in [0.1, 0.15) is 5.82 Å². The molecule has 0 bridgehead atoms. The molecule has 174 valence electrons. The Morgan fingerprint density at radius 3 is 2.90 bits per heavy atom. The molecular weight excluding hydrogens is 397 g/mol. The average Bonchev–Trinajstić information content (AvgIpc) is 3.05. The van der Waals surface area contributed by atoms with Crippen molar-refractivity contribution in [1.82, 2.24) is 10.2 Å². The number of anilines is 1. The van der Waals surface area contributed by atoms with E-state index in [1.807, 2.05) is 13.0 Å². The summed E-state index contributed by atoms with van der Waals surface area (Å²) in [6.07, 6.45) is 4.33. The van der Waals surface area contributed by atoms with Crippen LogP contribution in [0.5, 0.6) is 0 Å². The Hall–Kier alpha value is -1.54. The Kier molecular flexibility index (Phi) is 9.26. The van der Waals surface area contributed by atoms with Gasteiger partial charge >= 0.3 is 0 Å². The molecule has 2 atom stereocenters. The van der Waals surface area contributed by atoms with Gasteiger partial charge in [0, 0.05) is 64.3 Å². The first kappa shape index (κ1) is 24.1. The predicted octanol–water partition coefficient (Wildman–Crippen LogP) is 2.41. The van der Waals surface area contributed by atoms with Gasteiger partial charge in [-0.15, -0.1) is 0 Å². The smallest absolute Gasteiger partial charge is 0.150 e. The predicted molar refractivity (Wildman–Crippen MR) is 121 cm³/mol. The number of para-hydroxylation sites is 1. The lowest BCUT2D eigenvalue weighted by Gasteiger charge is -2.39. The quantitative estimate of drug-likeness (QED) is 0.438. The van der Waals surface area contributed by atoms with Crippen molar-refractivity contribution in [3.63, 3.8) is 0 Å². The van der Waals surface area contributed by atoms with Gasteiger partial charge in [-0.1, -0.05) is 25.5 Å². The zero-order valence-corrected chi connectivity index (χ0v) is 19.0. The van der Waals surface area contributed by atoms with Crippen molar-refractivity contribution >= 4 is 11.5 Å². The third kappa shape index (κ3) is 6.25. The van der Waals surface area contributed by atoms with Crippen molar-refractivity contribution in [3.05, 3.63) is 29.6 Å². The standard InChI is InChI=1S/C24H38FN3O3/c1-18(14-26-10-12-29)23(30)17-28(20-6-3-7-20)16-19-15-27(11-5-13-31-2)24-21(19)8-4-9-22(24)25/h4,8-9,18-20,26,29H,3,5-7,10-17H2,1-2H3/t18-,19?/m1/s1. The molecule has 1 fully saturated rings. The van der Waals surface area contributed by atoms with Gasteiger partial charge in [0.25, 0.3) is 0 Å². The van der Waals surface area contributed by atoms with Crippen molar-refractivity contribution in [3.8, 4) is 0 Å². The molecule has 1 aliphatic heterocycles. The third-order valence-corrected chi connectivity index (χ3v) is 6.68. The van der Waals surface area contributed by atoms with Crippen LogP contribution in [-0.2, 0) is 9.53 Å². The normalized spacial score (nSPS) is 19.5. The average molecular weight is 436 g/mol. The largest absolute Gasteiger partial charge is 0.395 e. The number of fused-ring (bicyclic) bond motifs is 1. The molecule has 6 nitrogen and oxygen atoms in total. The second kappa shape index (κ2) is 11.9. The molecule has 2 N–H and O–H groups in total. The summed E-state index contributed by atoms with van der Waals surface area (Å²) in [5.74, 6) is 0.177. The number of methoxy groups -OCH3 is 1. The van der Waals surface area contributed by atoms with E-state index >= 15 is 0 Å². The number of benzene rings is 1. The van der Waals surface area contributed by atoms with E-state index in [1.165, 1.54) is 6.42 Å².